The van der Waals surface area contributed by atoms with Crippen molar-refractivity contribution < 1.29 is 17.9 Å². The minimum Gasteiger partial charge on any atom is -0.406 e. The van der Waals surface area contributed by atoms with Crippen molar-refractivity contribution in [2.24, 2.45) is 0 Å². The maximum absolute atomic E-state index is 12.8. The summed E-state index contributed by atoms with van der Waals surface area (Å²) in [5.74, 6) is -0.278. The molecule has 3 aromatic heterocycles. The van der Waals surface area contributed by atoms with Crippen molar-refractivity contribution in [3.05, 3.63) is 88.7 Å². The second-order valence-electron chi connectivity index (χ2n) is 7.39. The van der Waals surface area contributed by atoms with Crippen LogP contribution in [0.1, 0.15) is 5.56 Å². The molecule has 0 unspecified atom stereocenters. The maximum atomic E-state index is 12.8. The summed E-state index contributed by atoms with van der Waals surface area (Å²) in [4.78, 5) is 16.1. The monoisotopic (exact) mass is 435 g/mol. The standard InChI is InChI=1S/C24H16F3N3O2/c1-14-22(28-20-5-3-2-4-19(20)23(14)31)21-12-17-9-6-16(13-30(17)29-21)15-7-10-18(11-8-15)32-24(25,26)27/h2-13H,1H3,(H,28,31). The molecule has 8 heteroatoms. The first-order valence-electron chi connectivity index (χ1n) is 9.76. The Morgan fingerprint density at radius 3 is 2.44 bits per heavy atom. The molecule has 0 atom stereocenters. The number of nitrogens with zero attached hydrogens (tertiary/aromatic N) is 2. The number of aromatic amines is 1. The molecule has 2 aromatic carbocycles. The van der Waals surface area contributed by atoms with Crippen molar-refractivity contribution in [2.45, 2.75) is 13.3 Å². The molecule has 1 N–H and O–H groups in total. The Morgan fingerprint density at radius 2 is 1.69 bits per heavy atom. The molecule has 3 heterocycles. The first kappa shape index (κ1) is 19.9. The second-order valence-corrected chi connectivity index (χ2v) is 7.39. The fourth-order valence-corrected chi connectivity index (χ4v) is 3.72. The third kappa shape index (κ3) is 3.60. The number of halogens is 3. The zero-order valence-corrected chi connectivity index (χ0v) is 16.8. The van der Waals surface area contributed by atoms with E-state index in [-0.39, 0.29) is 11.2 Å². The van der Waals surface area contributed by atoms with Gasteiger partial charge in [-0.3, -0.25) is 4.79 Å². The third-order valence-electron chi connectivity index (χ3n) is 5.28. The number of H-pyrrole nitrogens is 1. The molecule has 0 aliphatic rings. The molecule has 0 fully saturated rings. The molecule has 5 nitrogen and oxygen atoms in total. The van der Waals surface area contributed by atoms with Crippen LogP contribution < -0.4 is 10.2 Å². The molecule has 32 heavy (non-hydrogen) atoms. The van der Waals surface area contributed by atoms with Crippen molar-refractivity contribution in [1.82, 2.24) is 14.6 Å². The van der Waals surface area contributed by atoms with E-state index in [1.165, 1.54) is 12.1 Å². The molecule has 5 rings (SSSR count). The molecule has 0 saturated heterocycles. The van der Waals surface area contributed by atoms with E-state index in [1.807, 2.05) is 36.4 Å². The van der Waals surface area contributed by atoms with Crippen LogP contribution in [-0.2, 0) is 0 Å². The molecular formula is C24H16F3N3O2. The highest BCUT2D eigenvalue weighted by molar-refractivity contribution is 5.83. The van der Waals surface area contributed by atoms with E-state index in [9.17, 15) is 18.0 Å². The van der Waals surface area contributed by atoms with Crippen LogP contribution in [-0.4, -0.2) is 21.0 Å². The Morgan fingerprint density at radius 1 is 0.969 bits per heavy atom. The number of rotatable bonds is 3. The van der Waals surface area contributed by atoms with Crippen molar-refractivity contribution in [3.63, 3.8) is 0 Å². The number of hydrogen-bond donors (Lipinski definition) is 1. The van der Waals surface area contributed by atoms with Crippen molar-refractivity contribution in [1.29, 1.82) is 0 Å². The zero-order valence-electron chi connectivity index (χ0n) is 16.8. The number of ether oxygens (including phenoxy) is 1. The summed E-state index contributed by atoms with van der Waals surface area (Å²) in [6.45, 7) is 1.76. The van der Waals surface area contributed by atoms with E-state index >= 15 is 0 Å². The molecule has 0 aliphatic carbocycles. The summed E-state index contributed by atoms with van der Waals surface area (Å²) in [7, 11) is 0. The minimum atomic E-state index is -4.73. The van der Waals surface area contributed by atoms with Crippen LogP contribution in [0.2, 0.25) is 0 Å². The van der Waals surface area contributed by atoms with Gasteiger partial charge in [0.05, 0.1) is 11.2 Å². The van der Waals surface area contributed by atoms with Crippen LogP contribution in [0.5, 0.6) is 5.75 Å². The topological polar surface area (TPSA) is 59.4 Å². The summed E-state index contributed by atoms with van der Waals surface area (Å²) in [6.07, 6.45) is -2.94. The molecule has 0 bridgehead atoms. The van der Waals surface area contributed by atoms with Gasteiger partial charge in [0, 0.05) is 28.2 Å². The largest absolute Gasteiger partial charge is 0.573 e. The van der Waals surface area contributed by atoms with Crippen LogP contribution in [0, 0.1) is 6.92 Å². The number of benzene rings is 2. The van der Waals surface area contributed by atoms with Gasteiger partial charge in [-0.05, 0) is 48.9 Å². The highest BCUT2D eigenvalue weighted by Gasteiger charge is 2.31. The zero-order chi connectivity index (χ0) is 22.5. The van der Waals surface area contributed by atoms with Crippen LogP contribution in [0.25, 0.3) is 38.9 Å². The van der Waals surface area contributed by atoms with Gasteiger partial charge in [-0.25, -0.2) is 4.52 Å². The number of hydrogen-bond acceptors (Lipinski definition) is 3. The van der Waals surface area contributed by atoms with Gasteiger partial charge < -0.3 is 9.72 Å². The van der Waals surface area contributed by atoms with Crippen LogP contribution in [0.3, 0.4) is 0 Å². The van der Waals surface area contributed by atoms with E-state index in [4.69, 9.17) is 0 Å². The lowest BCUT2D eigenvalue weighted by molar-refractivity contribution is -0.274. The molecule has 0 aliphatic heterocycles. The van der Waals surface area contributed by atoms with E-state index in [0.717, 1.165) is 16.6 Å². The van der Waals surface area contributed by atoms with Gasteiger partial charge in [-0.2, -0.15) is 5.10 Å². The highest BCUT2D eigenvalue weighted by atomic mass is 19.4. The summed E-state index contributed by atoms with van der Waals surface area (Å²) in [5, 5.41) is 5.24. The van der Waals surface area contributed by atoms with Crippen molar-refractivity contribution in [2.75, 3.05) is 0 Å². The Hall–Kier alpha value is -4.07. The number of aromatic nitrogens is 3. The predicted octanol–water partition coefficient (Wildman–Crippen LogP) is 5.72. The van der Waals surface area contributed by atoms with E-state index in [1.54, 1.807) is 35.8 Å². The summed E-state index contributed by atoms with van der Waals surface area (Å²) in [5.41, 5.74) is 4.83. The van der Waals surface area contributed by atoms with Gasteiger partial charge in [0.1, 0.15) is 11.4 Å². The molecule has 0 saturated carbocycles. The normalized spacial score (nSPS) is 11.9. The summed E-state index contributed by atoms with van der Waals surface area (Å²) < 4.78 is 42.7. The fraction of sp³-hybridized carbons (Fsp3) is 0.0833. The first-order chi connectivity index (χ1) is 15.3. The van der Waals surface area contributed by atoms with Gasteiger partial charge in [-0.1, -0.05) is 30.3 Å². The Bertz CT molecular complexity index is 1520. The maximum Gasteiger partial charge on any atom is 0.573 e. The number of pyridine rings is 2. The number of para-hydroxylation sites is 1. The third-order valence-corrected chi connectivity index (χ3v) is 5.28. The molecular weight excluding hydrogens is 419 g/mol. The smallest absolute Gasteiger partial charge is 0.406 e. The summed E-state index contributed by atoms with van der Waals surface area (Å²) in [6, 6.07) is 18.5. The minimum absolute atomic E-state index is 0.0479. The predicted molar refractivity (Wildman–Crippen MR) is 116 cm³/mol. The quantitative estimate of drug-likeness (QED) is 0.395. The Balaban J connectivity index is 1.53. The average molecular weight is 435 g/mol. The highest BCUT2D eigenvalue weighted by Crippen LogP contribution is 2.28. The number of fused-ring (bicyclic) bond motifs is 2. The van der Waals surface area contributed by atoms with Gasteiger partial charge in [-0.15, -0.1) is 13.2 Å². The van der Waals surface area contributed by atoms with Crippen LogP contribution in [0.15, 0.2) is 77.7 Å². The lowest BCUT2D eigenvalue weighted by atomic mass is 10.1. The molecule has 0 amide bonds. The number of nitrogens with one attached hydrogen (secondary N) is 1. The Kier molecular flexibility index (Phi) is 4.51. The average Bonchev–Trinajstić information content (AvgIpc) is 3.19. The van der Waals surface area contributed by atoms with Crippen molar-refractivity contribution in [3.8, 4) is 28.3 Å². The fourth-order valence-electron chi connectivity index (χ4n) is 3.72. The number of alkyl halides is 3. The van der Waals surface area contributed by atoms with Crippen LogP contribution >= 0.6 is 0 Å². The molecule has 160 valence electrons. The van der Waals surface area contributed by atoms with Gasteiger partial charge >= 0.3 is 6.36 Å². The molecule has 0 spiro atoms. The van der Waals surface area contributed by atoms with Crippen LogP contribution in [0.4, 0.5) is 13.2 Å². The van der Waals surface area contributed by atoms with Gasteiger partial charge in [0.25, 0.3) is 0 Å². The lowest BCUT2D eigenvalue weighted by Crippen LogP contribution is -2.16. The molecule has 0 radical (unpaired) electrons. The molecule has 5 aromatic rings. The first-order valence-corrected chi connectivity index (χ1v) is 9.76. The Labute approximate surface area is 179 Å². The summed E-state index contributed by atoms with van der Waals surface area (Å²) >= 11 is 0. The van der Waals surface area contributed by atoms with Gasteiger partial charge in [0.2, 0.25) is 0 Å². The second kappa shape index (κ2) is 7.26. The van der Waals surface area contributed by atoms with E-state index in [2.05, 4.69) is 14.8 Å². The van der Waals surface area contributed by atoms with E-state index in [0.29, 0.717) is 27.9 Å². The van der Waals surface area contributed by atoms with Crippen molar-refractivity contribution >= 4 is 16.4 Å². The van der Waals surface area contributed by atoms with Gasteiger partial charge in [0.15, 0.2) is 5.43 Å². The SMILES string of the molecule is Cc1c(-c2cc3ccc(-c4ccc(OC(F)(F)F)cc4)cn3n2)[nH]c2ccccc2c1=O. The lowest BCUT2D eigenvalue weighted by Gasteiger charge is -2.09. The van der Waals surface area contributed by atoms with E-state index < -0.39 is 6.36 Å².